The third kappa shape index (κ3) is 5.98. The third-order valence-corrected chi connectivity index (χ3v) is 2.73. The van der Waals surface area contributed by atoms with Crippen molar-refractivity contribution >= 4 is 0 Å². The van der Waals surface area contributed by atoms with Crippen LogP contribution in [0.3, 0.4) is 0 Å². The predicted octanol–water partition coefficient (Wildman–Crippen LogP) is 2.63. The van der Waals surface area contributed by atoms with Crippen LogP contribution >= 0.6 is 0 Å². The smallest absolute Gasteiger partial charge is 0.168 e. The zero-order chi connectivity index (χ0) is 12.3. The quantitative estimate of drug-likeness (QED) is 0.554. The number of rotatable bonds is 10. The van der Waals surface area contributed by atoms with Gasteiger partial charge in [0.1, 0.15) is 6.54 Å². The molecule has 0 saturated carbocycles. The van der Waals surface area contributed by atoms with Gasteiger partial charge in [-0.05, 0) is 13.3 Å². The van der Waals surface area contributed by atoms with E-state index in [2.05, 4.69) is 17.3 Å². The van der Waals surface area contributed by atoms with E-state index >= 15 is 0 Å². The molecule has 0 aromatic carbocycles. The minimum Gasteiger partial charge on any atom is -0.380 e. The molecule has 0 saturated heterocycles. The summed E-state index contributed by atoms with van der Waals surface area (Å²) in [7, 11) is 0. The fourth-order valence-corrected chi connectivity index (χ4v) is 1.72. The maximum Gasteiger partial charge on any atom is 0.168 e. The SMILES string of the molecule is CCCCCCOC1CN=NN1CCOCC. The van der Waals surface area contributed by atoms with E-state index in [9.17, 15) is 0 Å². The number of hydrogen-bond donors (Lipinski definition) is 0. The van der Waals surface area contributed by atoms with Crippen molar-refractivity contribution in [1.29, 1.82) is 0 Å². The summed E-state index contributed by atoms with van der Waals surface area (Å²) in [6.45, 7) is 7.86. The van der Waals surface area contributed by atoms with E-state index in [1.165, 1.54) is 19.3 Å². The highest BCUT2D eigenvalue weighted by Crippen LogP contribution is 2.12. The van der Waals surface area contributed by atoms with Crippen molar-refractivity contribution in [3.63, 3.8) is 0 Å². The lowest BCUT2D eigenvalue weighted by Gasteiger charge is -2.21. The minimum absolute atomic E-state index is 0.0251. The molecule has 17 heavy (non-hydrogen) atoms. The van der Waals surface area contributed by atoms with Gasteiger partial charge in [-0.3, -0.25) is 0 Å². The van der Waals surface area contributed by atoms with Gasteiger partial charge >= 0.3 is 0 Å². The maximum absolute atomic E-state index is 5.78. The van der Waals surface area contributed by atoms with Gasteiger partial charge in [0, 0.05) is 13.2 Å². The van der Waals surface area contributed by atoms with Crippen LogP contribution in [-0.2, 0) is 9.47 Å². The van der Waals surface area contributed by atoms with Crippen LogP contribution in [0.25, 0.3) is 0 Å². The Balaban J connectivity index is 2.06. The van der Waals surface area contributed by atoms with E-state index in [4.69, 9.17) is 9.47 Å². The minimum atomic E-state index is 0.0251. The molecule has 100 valence electrons. The van der Waals surface area contributed by atoms with Crippen LogP contribution in [0.2, 0.25) is 0 Å². The van der Waals surface area contributed by atoms with Gasteiger partial charge in [0.25, 0.3) is 0 Å². The van der Waals surface area contributed by atoms with Gasteiger partial charge in [0.15, 0.2) is 6.23 Å². The Morgan fingerprint density at radius 3 is 2.82 bits per heavy atom. The average molecular weight is 243 g/mol. The highest BCUT2D eigenvalue weighted by molar-refractivity contribution is 4.66. The summed E-state index contributed by atoms with van der Waals surface area (Å²) >= 11 is 0. The third-order valence-electron chi connectivity index (χ3n) is 2.73. The van der Waals surface area contributed by atoms with Crippen molar-refractivity contribution in [2.24, 2.45) is 10.3 Å². The second kappa shape index (κ2) is 9.36. The molecule has 1 unspecified atom stereocenters. The van der Waals surface area contributed by atoms with Gasteiger partial charge < -0.3 is 9.47 Å². The van der Waals surface area contributed by atoms with E-state index in [0.717, 1.165) is 26.2 Å². The van der Waals surface area contributed by atoms with E-state index in [0.29, 0.717) is 13.2 Å². The molecule has 0 aromatic heterocycles. The number of ether oxygens (including phenoxy) is 2. The monoisotopic (exact) mass is 243 g/mol. The molecule has 1 rings (SSSR count). The van der Waals surface area contributed by atoms with Crippen LogP contribution < -0.4 is 0 Å². The molecular weight excluding hydrogens is 218 g/mol. The van der Waals surface area contributed by atoms with Crippen LogP contribution in [0.5, 0.6) is 0 Å². The maximum atomic E-state index is 5.78. The molecule has 1 aliphatic rings. The first-order valence-electron chi connectivity index (χ1n) is 6.71. The van der Waals surface area contributed by atoms with E-state index in [1.54, 1.807) is 0 Å². The molecule has 1 heterocycles. The molecule has 1 atom stereocenters. The van der Waals surface area contributed by atoms with Gasteiger partial charge in [0.05, 0.1) is 13.2 Å². The van der Waals surface area contributed by atoms with Crippen molar-refractivity contribution < 1.29 is 9.47 Å². The summed E-state index contributed by atoms with van der Waals surface area (Å²) in [6.07, 6.45) is 4.95. The fourth-order valence-electron chi connectivity index (χ4n) is 1.72. The fraction of sp³-hybridized carbons (Fsp3) is 1.00. The molecule has 1 aliphatic heterocycles. The van der Waals surface area contributed by atoms with Gasteiger partial charge in [-0.25, -0.2) is 5.01 Å². The molecule has 5 nitrogen and oxygen atoms in total. The molecule has 0 bridgehead atoms. The first kappa shape index (κ1) is 14.4. The predicted molar refractivity (Wildman–Crippen MR) is 66.8 cm³/mol. The average Bonchev–Trinajstić information content (AvgIpc) is 2.77. The van der Waals surface area contributed by atoms with Crippen LogP contribution in [0.4, 0.5) is 0 Å². The number of hydrogen-bond acceptors (Lipinski definition) is 5. The van der Waals surface area contributed by atoms with Crippen molar-refractivity contribution in [2.75, 3.05) is 32.9 Å². The summed E-state index contributed by atoms with van der Waals surface area (Å²) in [5.41, 5.74) is 0. The largest absolute Gasteiger partial charge is 0.380 e. The molecule has 0 aliphatic carbocycles. The molecule has 0 spiro atoms. The molecule has 0 N–H and O–H groups in total. The van der Waals surface area contributed by atoms with Crippen molar-refractivity contribution in [3.05, 3.63) is 0 Å². The lowest BCUT2D eigenvalue weighted by molar-refractivity contribution is -0.0473. The molecule has 5 heteroatoms. The zero-order valence-corrected chi connectivity index (χ0v) is 11.1. The normalized spacial score (nSPS) is 19.2. The summed E-state index contributed by atoms with van der Waals surface area (Å²) in [5, 5.41) is 9.95. The lowest BCUT2D eigenvalue weighted by Crippen LogP contribution is -2.34. The van der Waals surface area contributed by atoms with Gasteiger partial charge in [0.2, 0.25) is 0 Å². The Labute approximate surface area is 104 Å². The Hall–Kier alpha value is -0.680. The van der Waals surface area contributed by atoms with Crippen molar-refractivity contribution in [2.45, 2.75) is 45.8 Å². The topological polar surface area (TPSA) is 46.4 Å². The van der Waals surface area contributed by atoms with Gasteiger partial charge in [-0.1, -0.05) is 31.4 Å². The first-order valence-corrected chi connectivity index (χ1v) is 6.71. The van der Waals surface area contributed by atoms with Crippen LogP contribution in [0.1, 0.15) is 39.5 Å². The van der Waals surface area contributed by atoms with Crippen molar-refractivity contribution in [1.82, 2.24) is 5.01 Å². The van der Waals surface area contributed by atoms with Crippen LogP contribution in [0.15, 0.2) is 10.3 Å². The lowest BCUT2D eigenvalue weighted by atomic mass is 10.2. The molecule has 0 fully saturated rings. The molecule has 0 radical (unpaired) electrons. The van der Waals surface area contributed by atoms with E-state index in [-0.39, 0.29) is 6.23 Å². The highest BCUT2D eigenvalue weighted by atomic mass is 16.5. The number of nitrogens with zero attached hydrogens (tertiary/aromatic N) is 3. The van der Waals surface area contributed by atoms with E-state index < -0.39 is 0 Å². The standard InChI is InChI=1S/C12H25N3O2/c1-3-5-6-7-9-17-12-11-13-14-15(12)8-10-16-4-2/h12H,3-11H2,1-2H3. The van der Waals surface area contributed by atoms with E-state index in [1.807, 2.05) is 11.9 Å². The Bertz CT molecular complexity index is 212. The summed E-state index contributed by atoms with van der Waals surface area (Å²) in [6, 6.07) is 0. The molecular formula is C12H25N3O2. The zero-order valence-electron chi connectivity index (χ0n) is 11.1. The van der Waals surface area contributed by atoms with Crippen LogP contribution in [-0.4, -0.2) is 44.1 Å². The Morgan fingerprint density at radius 1 is 1.18 bits per heavy atom. The second-order valence-electron chi connectivity index (χ2n) is 4.16. The Kier molecular flexibility index (Phi) is 7.92. The van der Waals surface area contributed by atoms with Gasteiger partial charge in [-0.2, -0.15) is 5.11 Å². The molecule has 0 aromatic rings. The Morgan fingerprint density at radius 2 is 2.06 bits per heavy atom. The summed E-state index contributed by atoms with van der Waals surface area (Å²) in [4.78, 5) is 0. The summed E-state index contributed by atoms with van der Waals surface area (Å²) in [5.74, 6) is 0. The van der Waals surface area contributed by atoms with Crippen molar-refractivity contribution in [3.8, 4) is 0 Å². The summed E-state index contributed by atoms with van der Waals surface area (Å²) < 4.78 is 11.1. The highest BCUT2D eigenvalue weighted by Gasteiger charge is 2.21. The first-order chi connectivity index (χ1) is 8.38. The van der Waals surface area contributed by atoms with Gasteiger partial charge in [-0.15, -0.1) is 0 Å². The second-order valence-corrected chi connectivity index (χ2v) is 4.16. The molecule has 0 amide bonds. The number of unbranched alkanes of at least 4 members (excludes halogenated alkanes) is 3. The van der Waals surface area contributed by atoms with Crippen LogP contribution in [0, 0.1) is 0 Å².